The molecule has 0 saturated carbocycles. The van der Waals surface area contributed by atoms with Gasteiger partial charge in [-0.2, -0.15) is 0 Å². The quantitative estimate of drug-likeness (QED) is 0.695. The number of pyridine rings is 2. The first-order valence-corrected chi connectivity index (χ1v) is 11.1. The summed E-state index contributed by atoms with van der Waals surface area (Å²) in [4.78, 5) is 37.7. The van der Waals surface area contributed by atoms with Gasteiger partial charge in [-0.05, 0) is 58.9 Å². The number of carbonyl (C=O) groups excluding carboxylic acids is 2. The number of halogens is 1. The minimum Gasteiger partial charge on any atom is -0.444 e. The number of aromatic nitrogens is 2. The summed E-state index contributed by atoms with van der Waals surface area (Å²) in [6.07, 6.45) is 1.29. The van der Waals surface area contributed by atoms with Crippen LogP contribution in [0.5, 0.6) is 0 Å². The molecule has 1 N–H and O–H groups in total. The molecule has 1 aliphatic heterocycles. The number of ether oxygens (including phenoxy) is 1. The third-order valence-electron chi connectivity index (χ3n) is 4.77. The molecule has 3 rings (SSSR count). The predicted molar refractivity (Wildman–Crippen MR) is 125 cm³/mol. The number of hydrogen-bond acceptors (Lipinski definition) is 6. The number of rotatable bonds is 4. The number of amides is 2. The summed E-state index contributed by atoms with van der Waals surface area (Å²) < 4.78 is 5.48. The topological polar surface area (TPSA) is 87.7 Å². The number of nitrogens with zero attached hydrogens (tertiary/aromatic N) is 4. The molecular weight excluding hydrogens is 430 g/mol. The Morgan fingerprint density at radius 1 is 1.12 bits per heavy atom. The fraction of sp³-hybridized carbons (Fsp3) is 0.478. The largest absolute Gasteiger partial charge is 0.444 e. The van der Waals surface area contributed by atoms with Crippen LogP contribution in [-0.2, 0) is 4.74 Å². The molecule has 1 saturated heterocycles. The first-order valence-electron chi connectivity index (χ1n) is 10.7. The monoisotopic (exact) mass is 459 g/mol. The molecule has 0 bridgehead atoms. The molecule has 3 heterocycles. The van der Waals surface area contributed by atoms with Crippen molar-refractivity contribution in [2.24, 2.45) is 0 Å². The van der Waals surface area contributed by atoms with Crippen LogP contribution >= 0.6 is 11.6 Å². The van der Waals surface area contributed by atoms with Crippen molar-refractivity contribution in [3.05, 3.63) is 41.2 Å². The highest BCUT2D eigenvalue weighted by atomic mass is 35.5. The lowest BCUT2D eigenvalue weighted by Gasteiger charge is -2.36. The van der Waals surface area contributed by atoms with E-state index in [0.717, 1.165) is 5.56 Å². The Morgan fingerprint density at radius 2 is 1.81 bits per heavy atom. The van der Waals surface area contributed by atoms with Crippen molar-refractivity contribution in [2.45, 2.75) is 46.3 Å². The molecule has 2 aromatic rings. The van der Waals surface area contributed by atoms with E-state index in [-0.39, 0.29) is 18.0 Å². The summed E-state index contributed by atoms with van der Waals surface area (Å²) in [6.45, 7) is 11.6. The zero-order valence-electron chi connectivity index (χ0n) is 19.2. The van der Waals surface area contributed by atoms with Crippen LogP contribution in [0.1, 0.15) is 45.0 Å². The summed E-state index contributed by atoms with van der Waals surface area (Å²) in [5.74, 6) is 0.505. The van der Waals surface area contributed by atoms with Gasteiger partial charge in [-0.3, -0.25) is 4.79 Å². The van der Waals surface area contributed by atoms with Gasteiger partial charge < -0.3 is 19.9 Å². The third-order valence-corrected chi connectivity index (χ3v) is 4.98. The maximum absolute atomic E-state index is 12.7. The summed E-state index contributed by atoms with van der Waals surface area (Å²) >= 11 is 6.07. The summed E-state index contributed by atoms with van der Waals surface area (Å²) in [7, 11) is 0. The summed E-state index contributed by atoms with van der Waals surface area (Å²) in [5.41, 5.74) is 1.39. The molecule has 0 spiro atoms. The van der Waals surface area contributed by atoms with Crippen LogP contribution in [0.4, 0.5) is 10.6 Å². The van der Waals surface area contributed by atoms with Crippen LogP contribution in [0, 0.1) is 0 Å². The van der Waals surface area contributed by atoms with Crippen molar-refractivity contribution in [2.75, 3.05) is 31.1 Å². The van der Waals surface area contributed by atoms with Gasteiger partial charge in [0.15, 0.2) is 0 Å². The van der Waals surface area contributed by atoms with Crippen molar-refractivity contribution in [3.8, 4) is 11.3 Å². The van der Waals surface area contributed by atoms with Gasteiger partial charge in [0.1, 0.15) is 16.6 Å². The zero-order valence-corrected chi connectivity index (χ0v) is 19.9. The van der Waals surface area contributed by atoms with Crippen LogP contribution in [0.15, 0.2) is 30.5 Å². The van der Waals surface area contributed by atoms with Gasteiger partial charge in [0.25, 0.3) is 5.91 Å². The average molecular weight is 460 g/mol. The highest BCUT2D eigenvalue weighted by molar-refractivity contribution is 6.29. The Labute approximate surface area is 193 Å². The minimum absolute atomic E-state index is 0.00955. The van der Waals surface area contributed by atoms with Gasteiger partial charge in [-0.1, -0.05) is 11.6 Å². The van der Waals surface area contributed by atoms with Gasteiger partial charge in [-0.15, -0.1) is 0 Å². The Kier molecular flexibility index (Phi) is 7.23. The van der Waals surface area contributed by atoms with E-state index in [9.17, 15) is 9.59 Å². The van der Waals surface area contributed by atoms with E-state index in [1.54, 1.807) is 29.3 Å². The first kappa shape index (κ1) is 23.8. The van der Waals surface area contributed by atoms with Crippen molar-refractivity contribution < 1.29 is 14.3 Å². The van der Waals surface area contributed by atoms with Gasteiger partial charge in [-0.25, -0.2) is 14.8 Å². The summed E-state index contributed by atoms with van der Waals surface area (Å²) in [5, 5.41) is 3.29. The molecule has 8 nitrogen and oxygen atoms in total. The molecule has 0 unspecified atom stereocenters. The highest BCUT2D eigenvalue weighted by Gasteiger charge is 2.27. The predicted octanol–water partition coefficient (Wildman–Crippen LogP) is 3.99. The van der Waals surface area contributed by atoms with Crippen molar-refractivity contribution >= 4 is 29.4 Å². The van der Waals surface area contributed by atoms with Crippen molar-refractivity contribution in [1.29, 1.82) is 0 Å². The van der Waals surface area contributed by atoms with E-state index < -0.39 is 5.60 Å². The van der Waals surface area contributed by atoms with Crippen LogP contribution in [0.3, 0.4) is 0 Å². The van der Waals surface area contributed by atoms with E-state index in [0.29, 0.717) is 48.4 Å². The number of piperazine rings is 1. The van der Waals surface area contributed by atoms with E-state index in [1.807, 2.05) is 40.7 Å². The van der Waals surface area contributed by atoms with Crippen LogP contribution in [0.2, 0.25) is 5.15 Å². The van der Waals surface area contributed by atoms with Crippen LogP contribution in [0.25, 0.3) is 11.3 Å². The Hall–Kier alpha value is -2.87. The van der Waals surface area contributed by atoms with Gasteiger partial charge in [0, 0.05) is 49.5 Å². The second-order valence-corrected chi connectivity index (χ2v) is 9.44. The molecule has 32 heavy (non-hydrogen) atoms. The Balaban J connectivity index is 1.85. The second kappa shape index (κ2) is 9.73. The van der Waals surface area contributed by atoms with Crippen LogP contribution in [-0.4, -0.2) is 64.7 Å². The van der Waals surface area contributed by atoms with Crippen molar-refractivity contribution in [3.63, 3.8) is 0 Å². The number of hydrogen-bond donors (Lipinski definition) is 1. The standard InChI is InChI=1S/C23H30ClN5O3/c1-15(2)26-21(30)17-12-18(16-6-7-25-19(24)13-16)27-20(14-17)28-8-10-29(11-9-28)22(31)32-23(3,4)5/h6-7,12-15H,8-11H2,1-5H3,(H,26,30). The molecule has 1 aliphatic rings. The first-order chi connectivity index (χ1) is 15.0. The molecule has 2 amide bonds. The summed E-state index contributed by atoms with van der Waals surface area (Å²) in [6, 6.07) is 7.08. The molecule has 172 valence electrons. The molecule has 0 aromatic carbocycles. The molecule has 0 aliphatic carbocycles. The SMILES string of the molecule is CC(C)NC(=O)c1cc(-c2ccnc(Cl)c2)nc(N2CCN(C(=O)OC(C)(C)C)CC2)c1. The Morgan fingerprint density at radius 3 is 2.41 bits per heavy atom. The number of carbonyl (C=O) groups is 2. The molecule has 0 radical (unpaired) electrons. The fourth-order valence-electron chi connectivity index (χ4n) is 3.31. The molecule has 1 fully saturated rings. The minimum atomic E-state index is -0.533. The second-order valence-electron chi connectivity index (χ2n) is 9.05. The Bertz CT molecular complexity index is 982. The lowest BCUT2D eigenvalue weighted by molar-refractivity contribution is 0.0240. The fourth-order valence-corrected chi connectivity index (χ4v) is 3.48. The lowest BCUT2D eigenvalue weighted by atomic mass is 10.1. The smallest absolute Gasteiger partial charge is 0.410 e. The van der Waals surface area contributed by atoms with E-state index in [2.05, 4.69) is 15.2 Å². The zero-order chi connectivity index (χ0) is 23.5. The normalized spacial score (nSPS) is 14.5. The van der Waals surface area contributed by atoms with Gasteiger partial charge in [0.2, 0.25) is 0 Å². The average Bonchev–Trinajstić information content (AvgIpc) is 2.72. The third kappa shape index (κ3) is 6.32. The van der Waals surface area contributed by atoms with Crippen molar-refractivity contribution in [1.82, 2.24) is 20.2 Å². The molecule has 2 aromatic heterocycles. The lowest BCUT2D eigenvalue weighted by Crippen LogP contribution is -2.50. The van der Waals surface area contributed by atoms with E-state index in [4.69, 9.17) is 21.3 Å². The van der Waals surface area contributed by atoms with Gasteiger partial charge in [0.05, 0.1) is 5.69 Å². The van der Waals surface area contributed by atoms with E-state index in [1.165, 1.54) is 0 Å². The number of nitrogens with one attached hydrogen (secondary N) is 1. The number of anilines is 1. The molecule has 0 atom stereocenters. The maximum atomic E-state index is 12.7. The van der Waals surface area contributed by atoms with Gasteiger partial charge >= 0.3 is 6.09 Å². The molecular formula is C23H30ClN5O3. The maximum Gasteiger partial charge on any atom is 0.410 e. The molecule has 9 heteroatoms. The van der Waals surface area contributed by atoms with Crippen LogP contribution < -0.4 is 10.2 Å². The highest BCUT2D eigenvalue weighted by Crippen LogP contribution is 2.25. The van der Waals surface area contributed by atoms with E-state index >= 15 is 0 Å².